The second-order valence-corrected chi connectivity index (χ2v) is 7.26. The number of hydrazone groups is 1. The second-order valence-electron chi connectivity index (χ2n) is 5.45. The molecule has 0 radical (unpaired) electrons. The molecular formula is C15H13Cl2F2N3S. The fraction of sp³-hybridized carbons (Fsp3) is 0.267. The van der Waals surface area contributed by atoms with Crippen LogP contribution < -0.4 is 5.43 Å². The van der Waals surface area contributed by atoms with Crippen molar-refractivity contribution in [2.45, 2.75) is 24.9 Å². The van der Waals surface area contributed by atoms with Crippen LogP contribution in [0.3, 0.4) is 0 Å². The third kappa shape index (κ3) is 3.07. The van der Waals surface area contributed by atoms with Crippen LogP contribution in [-0.2, 0) is 0 Å². The Kier molecular flexibility index (Phi) is 4.58. The molecule has 23 heavy (non-hydrogen) atoms. The van der Waals surface area contributed by atoms with E-state index >= 15 is 0 Å². The van der Waals surface area contributed by atoms with Crippen LogP contribution in [0.4, 0.5) is 8.78 Å². The van der Waals surface area contributed by atoms with Gasteiger partial charge in [-0.1, -0.05) is 48.8 Å². The van der Waals surface area contributed by atoms with E-state index in [2.05, 4.69) is 10.5 Å². The first-order valence-electron chi connectivity index (χ1n) is 6.91. The third-order valence-electron chi connectivity index (χ3n) is 3.45. The van der Waals surface area contributed by atoms with Gasteiger partial charge in [0, 0.05) is 17.0 Å². The molecule has 0 aliphatic carbocycles. The van der Waals surface area contributed by atoms with Crippen molar-refractivity contribution in [2.24, 2.45) is 11.0 Å². The minimum Gasteiger partial charge on any atom is -0.291 e. The van der Waals surface area contributed by atoms with Crippen LogP contribution in [0.2, 0.25) is 0 Å². The van der Waals surface area contributed by atoms with Crippen LogP contribution in [0.15, 0.2) is 49.4 Å². The van der Waals surface area contributed by atoms with Crippen molar-refractivity contribution in [2.75, 3.05) is 0 Å². The molecule has 0 aromatic heterocycles. The van der Waals surface area contributed by atoms with E-state index in [0.29, 0.717) is 20.9 Å². The molecule has 2 heterocycles. The molecule has 0 fully saturated rings. The fourth-order valence-electron chi connectivity index (χ4n) is 2.30. The van der Waals surface area contributed by atoms with Gasteiger partial charge in [0.05, 0.1) is 9.94 Å². The maximum absolute atomic E-state index is 13.9. The first kappa shape index (κ1) is 16.6. The average Bonchev–Trinajstić information content (AvgIpc) is 2.89. The van der Waals surface area contributed by atoms with E-state index in [1.807, 2.05) is 18.7 Å². The second kappa shape index (κ2) is 6.34. The predicted octanol–water partition coefficient (Wildman–Crippen LogP) is 4.80. The number of hydrogen-bond donors (Lipinski definition) is 1. The molecule has 122 valence electrons. The maximum atomic E-state index is 13.9. The van der Waals surface area contributed by atoms with E-state index in [9.17, 15) is 8.78 Å². The Labute approximate surface area is 147 Å². The molecular weight excluding hydrogens is 363 g/mol. The van der Waals surface area contributed by atoms with Gasteiger partial charge in [-0.3, -0.25) is 10.3 Å². The number of nitrogens with one attached hydrogen (secondary N) is 1. The Bertz CT molecular complexity index is 746. The Morgan fingerprint density at radius 1 is 1.30 bits per heavy atom. The molecule has 1 unspecified atom stereocenters. The summed E-state index contributed by atoms with van der Waals surface area (Å²) in [6.07, 6.45) is 1.57. The standard InChI is InChI=1S/C15H13Cl2F2N3S/c1-7(2)15-21-20-12-6-9(16)13(14(17)22(12)15)23-11-4-3-8(18)5-10(11)19/h3-7,15,21H,1-2H3. The average molecular weight is 376 g/mol. The highest BCUT2D eigenvalue weighted by atomic mass is 35.5. The third-order valence-corrected chi connectivity index (χ3v) is 5.51. The van der Waals surface area contributed by atoms with Gasteiger partial charge in [0.15, 0.2) is 5.84 Å². The molecule has 0 amide bonds. The van der Waals surface area contributed by atoms with Crippen LogP contribution in [0.25, 0.3) is 0 Å². The zero-order chi connectivity index (χ0) is 16.7. The molecule has 0 saturated carbocycles. The fourth-order valence-corrected chi connectivity index (χ4v) is 3.92. The molecule has 2 aliphatic heterocycles. The number of fused-ring (bicyclic) bond motifs is 1. The lowest BCUT2D eigenvalue weighted by Crippen LogP contribution is -2.43. The summed E-state index contributed by atoms with van der Waals surface area (Å²) in [5.74, 6) is -0.433. The van der Waals surface area contributed by atoms with Crippen molar-refractivity contribution in [3.8, 4) is 0 Å². The van der Waals surface area contributed by atoms with Gasteiger partial charge in [-0.15, -0.1) is 0 Å². The Hall–Kier alpha value is -1.24. The number of amidine groups is 1. The molecule has 1 aromatic carbocycles. The van der Waals surface area contributed by atoms with E-state index in [1.54, 1.807) is 6.08 Å². The molecule has 2 aliphatic rings. The van der Waals surface area contributed by atoms with Crippen molar-refractivity contribution < 1.29 is 8.78 Å². The quantitative estimate of drug-likeness (QED) is 0.768. The number of hydrogen-bond acceptors (Lipinski definition) is 4. The molecule has 1 N–H and O–H groups in total. The minimum atomic E-state index is -0.657. The highest BCUT2D eigenvalue weighted by Crippen LogP contribution is 2.43. The zero-order valence-corrected chi connectivity index (χ0v) is 14.6. The normalized spacial score (nSPS) is 20.5. The van der Waals surface area contributed by atoms with E-state index in [0.717, 1.165) is 17.8 Å². The molecule has 1 aromatic rings. The number of rotatable bonds is 3. The summed E-state index contributed by atoms with van der Waals surface area (Å²) >= 11 is 13.8. The monoisotopic (exact) mass is 375 g/mol. The van der Waals surface area contributed by atoms with Crippen molar-refractivity contribution in [3.05, 3.63) is 51.0 Å². The van der Waals surface area contributed by atoms with Crippen LogP contribution in [0.5, 0.6) is 0 Å². The maximum Gasteiger partial charge on any atom is 0.156 e. The van der Waals surface area contributed by atoms with E-state index in [1.165, 1.54) is 12.1 Å². The molecule has 3 rings (SSSR count). The Morgan fingerprint density at radius 2 is 2.04 bits per heavy atom. The lowest BCUT2D eigenvalue weighted by Gasteiger charge is -2.31. The first-order valence-corrected chi connectivity index (χ1v) is 8.48. The van der Waals surface area contributed by atoms with Gasteiger partial charge in [0.25, 0.3) is 0 Å². The largest absolute Gasteiger partial charge is 0.291 e. The number of nitrogens with zero attached hydrogens (tertiary/aromatic N) is 2. The van der Waals surface area contributed by atoms with Crippen LogP contribution in [0, 0.1) is 17.6 Å². The molecule has 0 saturated heterocycles. The molecule has 0 spiro atoms. The summed E-state index contributed by atoms with van der Waals surface area (Å²) in [7, 11) is 0. The van der Waals surface area contributed by atoms with Crippen molar-refractivity contribution in [1.29, 1.82) is 0 Å². The smallest absolute Gasteiger partial charge is 0.156 e. The summed E-state index contributed by atoms with van der Waals surface area (Å²) in [5, 5.41) is 4.95. The molecule has 8 heteroatoms. The first-order chi connectivity index (χ1) is 10.9. The topological polar surface area (TPSA) is 27.6 Å². The van der Waals surface area contributed by atoms with Gasteiger partial charge in [0.2, 0.25) is 0 Å². The highest BCUT2D eigenvalue weighted by Gasteiger charge is 2.36. The van der Waals surface area contributed by atoms with E-state index in [-0.39, 0.29) is 17.0 Å². The van der Waals surface area contributed by atoms with Gasteiger partial charge >= 0.3 is 0 Å². The van der Waals surface area contributed by atoms with Crippen LogP contribution in [-0.4, -0.2) is 16.9 Å². The Morgan fingerprint density at radius 3 is 2.70 bits per heavy atom. The summed E-state index contributed by atoms with van der Waals surface area (Å²) < 4.78 is 26.9. The van der Waals surface area contributed by atoms with Gasteiger partial charge in [-0.05, 0) is 18.1 Å². The predicted molar refractivity (Wildman–Crippen MR) is 90.1 cm³/mol. The van der Waals surface area contributed by atoms with E-state index < -0.39 is 11.6 Å². The summed E-state index contributed by atoms with van der Waals surface area (Å²) in [4.78, 5) is 2.58. The molecule has 0 bridgehead atoms. The summed E-state index contributed by atoms with van der Waals surface area (Å²) in [6.45, 7) is 4.07. The van der Waals surface area contributed by atoms with Gasteiger partial charge in [0.1, 0.15) is 23.0 Å². The number of thioether (sulfide) groups is 1. The lowest BCUT2D eigenvalue weighted by molar-refractivity contribution is 0.286. The summed E-state index contributed by atoms with van der Waals surface area (Å²) in [6, 6.07) is 3.39. The minimum absolute atomic E-state index is 0.104. The van der Waals surface area contributed by atoms with Crippen molar-refractivity contribution >= 4 is 40.8 Å². The number of halogens is 4. The van der Waals surface area contributed by atoms with Crippen LogP contribution >= 0.6 is 35.0 Å². The van der Waals surface area contributed by atoms with Crippen molar-refractivity contribution in [3.63, 3.8) is 0 Å². The lowest BCUT2D eigenvalue weighted by atomic mass is 10.1. The van der Waals surface area contributed by atoms with Gasteiger partial charge < -0.3 is 0 Å². The highest BCUT2D eigenvalue weighted by molar-refractivity contribution is 8.03. The summed E-state index contributed by atoms with van der Waals surface area (Å²) in [5.41, 5.74) is 3.01. The van der Waals surface area contributed by atoms with Crippen LogP contribution in [0.1, 0.15) is 13.8 Å². The molecule has 1 atom stereocenters. The van der Waals surface area contributed by atoms with Crippen molar-refractivity contribution in [1.82, 2.24) is 10.3 Å². The number of benzene rings is 1. The SMILES string of the molecule is CC(C)C1NN=C2C=C(Cl)C(Sc3ccc(F)cc3F)=C(Cl)N21. The van der Waals surface area contributed by atoms with E-state index in [4.69, 9.17) is 23.2 Å². The Balaban J connectivity index is 1.97. The molecule has 3 nitrogen and oxygen atoms in total. The number of allylic oxidation sites excluding steroid dienone is 1. The van der Waals surface area contributed by atoms with Gasteiger partial charge in [-0.2, -0.15) is 5.10 Å². The zero-order valence-electron chi connectivity index (χ0n) is 12.3. The van der Waals surface area contributed by atoms with Gasteiger partial charge in [-0.25, -0.2) is 8.78 Å².